The molecule has 2 atom stereocenters. The highest BCUT2D eigenvalue weighted by molar-refractivity contribution is 7.68. The van der Waals surface area contributed by atoms with Gasteiger partial charge in [0.2, 0.25) is 0 Å². The van der Waals surface area contributed by atoms with Crippen LogP contribution in [-0.2, 0) is 0 Å². The molecule has 0 aliphatic heterocycles. The molecule has 0 heterocycles. The summed E-state index contributed by atoms with van der Waals surface area (Å²) in [5, 5.41) is 0. The number of aryl methyl sites for hydroxylation is 2. The van der Waals surface area contributed by atoms with E-state index in [2.05, 4.69) is 173 Å². The van der Waals surface area contributed by atoms with E-state index in [0.717, 1.165) is 11.8 Å². The van der Waals surface area contributed by atoms with Crippen molar-refractivity contribution in [2.24, 2.45) is 28.1 Å². The van der Waals surface area contributed by atoms with E-state index in [0.29, 0.717) is 16.2 Å². The van der Waals surface area contributed by atoms with Crippen LogP contribution in [0.2, 0.25) is 77.6 Å². The number of benzene rings is 1. The quantitative estimate of drug-likeness (QED) is 0.251. The molecule has 0 bridgehead atoms. The standard InChI is InChI=1S/C12H22.C8H24Si3.C8H16.C8H10.C7H16.C6H16Si/c1-11-7-3-5-9-12(11,2)10-6-4-8-11;1-9(2,3)11(7,8)10(4,5)6;2*1-7-4-3-5-8(2)6-7;2*1-5-7(3,4)6-2/h3-10H2,1-2H3;1-8H3;7-8H,3-6H2,1-2H3;3-6H,1-2H3;2*5-6H2,1-4H3. The number of fused-ring (bicyclic) bond motifs is 1. The minimum absolute atomic E-state index is 0.583. The maximum atomic E-state index is 2.62. The largest absolute Gasteiger partial charge is 0.0731 e. The molecule has 0 amide bonds. The first-order valence-corrected chi connectivity index (χ1v) is 38.4. The summed E-state index contributed by atoms with van der Waals surface area (Å²) >= 11 is 0. The first-order chi connectivity index (χ1) is 24.0. The molecule has 1 aromatic rings. The lowest BCUT2D eigenvalue weighted by Crippen LogP contribution is -2.67. The summed E-state index contributed by atoms with van der Waals surface area (Å²) in [4.78, 5) is 0. The van der Waals surface area contributed by atoms with Crippen LogP contribution in [0.5, 0.6) is 0 Å². The summed E-state index contributed by atoms with van der Waals surface area (Å²) in [7, 11) is -3.12. The highest BCUT2D eigenvalue weighted by Gasteiger charge is 2.47. The molecule has 0 aromatic heterocycles. The van der Waals surface area contributed by atoms with Crippen molar-refractivity contribution in [3.63, 3.8) is 0 Å². The van der Waals surface area contributed by atoms with Crippen LogP contribution in [-0.4, -0.2) is 30.4 Å². The second kappa shape index (κ2) is 24.8. The van der Waals surface area contributed by atoms with E-state index >= 15 is 0 Å². The second-order valence-electron chi connectivity index (χ2n) is 22.9. The Morgan fingerprint density at radius 2 is 0.906 bits per heavy atom. The van der Waals surface area contributed by atoms with E-state index in [4.69, 9.17) is 0 Å². The normalized spacial score (nSPS) is 24.7. The van der Waals surface area contributed by atoms with Gasteiger partial charge in [0.15, 0.2) is 0 Å². The van der Waals surface area contributed by atoms with Gasteiger partial charge in [0.1, 0.15) is 0 Å². The molecular formula is C49H104Si4. The molecule has 3 fully saturated rings. The third-order valence-electron chi connectivity index (χ3n) is 15.8. The fourth-order valence-corrected chi connectivity index (χ4v) is 37.4. The first kappa shape index (κ1) is 55.2. The molecule has 4 rings (SSSR count). The zero-order chi connectivity index (χ0) is 42.0. The van der Waals surface area contributed by atoms with Gasteiger partial charge >= 0.3 is 0 Å². The van der Waals surface area contributed by atoms with E-state index in [1.807, 2.05) is 0 Å². The SMILES string of the molecule is CC12CCCCC1(C)CCCC2.CC1CCCC(C)C1.CCC(C)(C)CC.CC[Si](C)(C)CC.C[Si](C)(C)[Si](C)(C)[Si](C)(C)C.Cc1cccc(C)c1. The first-order valence-electron chi connectivity index (χ1n) is 23.0. The summed E-state index contributed by atoms with van der Waals surface area (Å²) in [6.07, 6.45) is 20.5. The topological polar surface area (TPSA) is 0 Å². The van der Waals surface area contributed by atoms with Crippen LogP contribution < -0.4 is 0 Å². The van der Waals surface area contributed by atoms with Gasteiger partial charge < -0.3 is 0 Å². The highest BCUT2D eigenvalue weighted by Crippen LogP contribution is 2.58. The molecule has 0 N–H and O–H groups in total. The van der Waals surface area contributed by atoms with Crippen molar-refractivity contribution in [1.29, 1.82) is 0 Å². The van der Waals surface area contributed by atoms with E-state index in [9.17, 15) is 0 Å². The monoisotopic (exact) mass is 805 g/mol. The van der Waals surface area contributed by atoms with Crippen LogP contribution in [0.4, 0.5) is 0 Å². The van der Waals surface area contributed by atoms with Gasteiger partial charge in [-0.3, -0.25) is 0 Å². The molecule has 2 unspecified atom stereocenters. The average Bonchev–Trinajstić information content (AvgIpc) is 3.05. The van der Waals surface area contributed by atoms with Crippen LogP contribution in [0.15, 0.2) is 24.3 Å². The minimum Gasteiger partial charge on any atom is -0.0731 e. The molecule has 3 saturated carbocycles. The summed E-state index contributed by atoms with van der Waals surface area (Å²) < 4.78 is 0. The lowest BCUT2D eigenvalue weighted by Gasteiger charge is -2.53. The van der Waals surface area contributed by atoms with Crippen molar-refractivity contribution < 1.29 is 0 Å². The Hall–Kier alpha value is 0.0875. The van der Waals surface area contributed by atoms with E-state index in [-0.39, 0.29) is 0 Å². The number of hydrogen-bond acceptors (Lipinski definition) is 0. The van der Waals surface area contributed by atoms with Crippen LogP contribution in [0, 0.1) is 41.9 Å². The maximum Gasteiger partial charge on any atom is 0.0468 e. The van der Waals surface area contributed by atoms with Gasteiger partial charge in [-0.25, -0.2) is 0 Å². The molecule has 1 aromatic carbocycles. The predicted octanol–water partition coefficient (Wildman–Crippen LogP) is 18.4. The molecule has 316 valence electrons. The van der Waals surface area contributed by atoms with Gasteiger partial charge in [-0.2, -0.15) is 0 Å². The maximum absolute atomic E-state index is 2.62. The summed E-state index contributed by atoms with van der Waals surface area (Å²) in [6, 6.07) is 11.3. The van der Waals surface area contributed by atoms with Crippen LogP contribution >= 0.6 is 0 Å². The number of hydrogen-bond donors (Lipinski definition) is 0. The van der Waals surface area contributed by atoms with Crippen molar-refractivity contribution in [2.45, 2.75) is 251 Å². The molecule has 0 nitrogen and oxygen atoms in total. The van der Waals surface area contributed by atoms with E-state index in [1.54, 1.807) is 0 Å². The molecule has 53 heavy (non-hydrogen) atoms. The van der Waals surface area contributed by atoms with Crippen molar-refractivity contribution in [3.8, 4) is 0 Å². The zero-order valence-corrected chi connectivity index (χ0v) is 45.3. The Balaban J connectivity index is 0. The molecular weight excluding hydrogens is 701 g/mol. The second-order valence-corrected chi connectivity index (χ2v) is 58.9. The van der Waals surface area contributed by atoms with E-state index in [1.165, 1.54) is 113 Å². The van der Waals surface area contributed by atoms with Crippen molar-refractivity contribution in [2.75, 3.05) is 0 Å². The molecule has 0 spiro atoms. The third-order valence-corrected chi connectivity index (χ3v) is 63.2. The van der Waals surface area contributed by atoms with Gasteiger partial charge in [-0.05, 0) is 74.0 Å². The fraction of sp³-hybridized carbons (Fsp3) is 0.878. The van der Waals surface area contributed by atoms with Crippen molar-refractivity contribution in [1.82, 2.24) is 0 Å². The summed E-state index contributed by atoms with van der Waals surface area (Å²) in [5.41, 5.74) is 4.68. The van der Waals surface area contributed by atoms with Crippen molar-refractivity contribution >= 4 is 30.4 Å². The molecule has 3 aliphatic carbocycles. The fourth-order valence-electron chi connectivity index (χ4n) is 7.69. The highest BCUT2D eigenvalue weighted by atomic mass is 29.6. The molecule has 0 saturated heterocycles. The number of rotatable bonds is 6. The van der Waals surface area contributed by atoms with Crippen LogP contribution in [0.1, 0.15) is 170 Å². The van der Waals surface area contributed by atoms with Gasteiger partial charge in [0.25, 0.3) is 0 Å². The lowest BCUT2D eigenvalue weighted by atomic mass is 9.52. The van der Waals surface area contributed by atoms with Crippen LogP contribution in [0.25, 0.3) is 0 Å². The third kappa shape index (κ3) is 22.0. The Morgan fingerprint density at radius 1 is 0.585 bits per heavy atom. The van der Waals surface area contributed by atoms with E-state index < -0.39 is 30.4 Å². The van der Waals surface area contributed by atoms with Gasteiger partial charge in [-0.15, -0.1) is 0 Å². The summed E-state index contributed by atoms with van der Waals surface area (Å²) in [6.45, 7) is 53.1. The predicted molar refractivity (Wildman–Crippen MR) is 263 cm³/mol. The Bertz CT molecular complexity index is 969. The van der Waals surface area contributed by atoms with Crippen molar-refractivity contribution in [3.05, 3.63) is 35.4 Å². The van der Waals surface area contributed by atoms with Gasteiger partial charge in [-0.1, -0.05) is 240 Å². The molecule has 3 aliphatic rings. The minimum atomic E-state index is -0.829. The van der Waals surface area contributed by atoms with Gasteiger partial charge in [0, 0.05) is 30.4 Å². The smallest absolute Gasteiger partial charge is 0.0468 e. The Labute approximate surface area is 342 Å². The average molecular weight is 806 g/mol. The zero-order valence-electron chi connectivity index (χ0n) is 41.3. The molecule has 4 heteroatoms. The summed E-state index contributed by atoms with van der Waals surface area (Å²) in [5.74, 6) is 2.03. The molecule has 0 radical (unpaired) electrons. The van der Waals surface area contributed by atoms with Crippen LogP contribution in [0.3, 0.4) is 0 Å². The Morgan fingerprint density at radius 3 is 1.04 bits per heavy atom. The van der Waals surface area contributed by atoms with Gasteiger partial charge in [0.05, 0.1) is 0 Å². The Kier molecular flexibility index (Phi) is 25.8. The lowest BCUT2D eigenvalue weighted by molar-refractivity contribution is -0.0261.